The van der Waals surface area contributed by atoms with E-state index in [-0.39, 0.29) is 0 Å². The van der Waals surface area contributed by atoms with E-state index in [0.29, 0.717) is 0 Å². The third kappa shape index (κ3) is 2.98. The van der Waals surface area contributed by atoms with Crippen LogP contribution in [0, 0.1) is 10.1 Å². The van der Waals surface area contributed by atoms with Gasteiger partial charge < -0.3 is 0 Å². The van der Waals surface area contributed by atoms with Crippen molar-refractivity contribution in [1.82, 2.24) is 0 Å². The van der Waals surface area contributed by atoms with Gasteiger partial charge in [0, 0.05) is 0 Å². The van der Waals surface area contributed by atoms with Crippen LogP contribution in [0.2, 0.25) is 0 Å². The molecule has 0 heterocycles. The fraction of sp³-hybridized carbons (Fsp3) is 0. The number of hydrogen-bond acceptors (Lipinski definition) is 3. The van der Waals surface area contributed by atoms with Crippen LogP contribution in [0.15, 0.2) is 70.5 Å². The predicted molar refractivity (Wildman–Crippen MR) is 64.9 cm³/mol. The van der Waals surface area contributed by atoms with Crippen LogP contribution in [-0.4, -0.2) is 5.09 Å². The summed E-state index contributed by atoms with van der Waals surface area (Å²) < 4.78 is 4.77. The summed E-state index contributed by atoms with van der Waals surface area (Å²) in [6, 6.07) is 18.3. The summed E-state index contributed by atoms with van der Waals surface area (Å²) in [5.41, 5.74) is 0. The predicted octanol–water partition coefficient (Wildman–Crippen LogP) is 2.85. The molecular weight excluding hydrogens is 238 g/mol. The summed E-state index contributed by atoms with van der Waals surface area (Å²) >= 11 is -0.980. The molecule has 0 radical (unpaired) electrons. The van der Waals surface area contributed by atoms with Crippen molar-refractivity contribution < 1.29 is 9.37 Å². The van der Waals surface area contributed by atoms with Crippen LogP contribution >= 0.6 is 0 Å². The lowest BCUT2D eigenvalue weighted by Gasteiger charge is -2.01. The average molecular weight is 248 g/mol. The molecule has 2 rings (SSSR count). The largest absolute Gasteiger partial charge is 0.337 e. The fourth-order valence-corrected chi connectivity index (χ4v) is 2.75. The lowest BCUT2D eigenvalue weighted by molar-refractivity contribution is -0.709. The maximum atomic E-state index is 10.5. The molecule has 17 heavy (non-hydrogen) atoms. The Morgan fingerprint density at radius 1 is 0.882 bits per heavy atom. The molecule has 0 aliphatic heterocycles. The first-order valence-electron chi connectivity index (χ1n) is 4.94. The molecule has 0 spiro atoms. The number of nitrogens with zero attached hydrogens (tertiary/aromatic N) is 1. The van der Waals surface area contributed by atoms with Crippen molar-refractivity contribution in [3.05, 3.63) is 70.8 Å². The van der Waals surface area contributed by atoms with Gasteiger partial charge in [0.15, 0.2) is 9.79 Å². The van der Waals surface area contributed by atoms with E-state index in [1.165, 1.54) is 0 Å². The van der Waals surface area contributed by atoms with Crippen LogP contribution in [0.25, 0.3) is 0 Å². The summed E-state index contributed by atoms with van der Waals surface area (Å²) in [5.74, 6) is 0. The molecule has 0 unspecified atom stereocenters. The summed E-state index contributed by atoms with van der Waals surface area (Å²) in [5, 5.41) is 9.80. The van der Waals surface area contributed by atoms with Gasteiger partial charge in [-0.3, -0.25) is 0 Å². The van der Waals surface area contributed by atoms with Gasteiger partial charge >= 0.3 is 5.09 Å². The molecule has 2 aromatic carbocycles. The average Bonchev–Trinajstić information content (AvgIpc) is 2.38. The molecule has 86 valence electrons. The molecule has 0 aromatic heterocycles. The second-order valence-electron chi connectivity index (χ2n) is 3.19. The Morgan fingerprint density at radius 3 is 1.65 bits per heavy atom. The van der Waals surface area contributed by atoms with Gasteiger partial charge in [-0.25, -0.2) is 0 Å². The smallest absolute Gasteiger partial charge is 0.106 e. The molecule has 0 bridgehead atoms. The van der Waals surface area contributed by atoms with Crippen molar-refractivity contribution in [2.24, 2.45) is 0 Å². The second kappa shape index (κ2) is 5.36. The Hall–Kier alpha value is -2.01. The highest BCUT2D eigenvalue weighted by molar-refractivity contribution is 7.92. The van der Waals surface area contributed by atoms with Crippen LogP contribution in [0.5, 0.6) is 0 Å². The van der Waals surface area contributed by atoms with Gasteiger partial charge in [0.25, 0.3) is 11.2 Å². The maximum Gasteiger partial charge on any atom is 0.337 e. The molecule has 0 amide bonds. The topological polar surface area (TPSA) is 52.4 Å². The SMILES string of the molecule is O=[N+]([O-])O[S+](c1ccccc1)c1ccccc1. The van der Waals surface area contributed by atoms with E-state index in [1.807, 2.05) is 60.7 Å². The summed E-state index contributed by atoms with van der Waals surface area (Å²) in [4.78, 5) is 12.1. The van der Waals surface area contributed by atoms with Crippen LogP contribution in [0.3, 0.4) is 0 Å². The minimum atomic E-state index is -0.980. The van der Waals surface area contributed by atoms with Crippen LogP contribution in [0.4, 0.5) is 0 Å². The van der Waals surface area contributed by atoms with Crippen molar-refractivity contribution in [3.63, 3.8) is 0 Å². The molecule has 2 aromatic rings. The van der Waals surface area contributed by atoms with Gasteiger partial charge in [0.05, 0.1) is 0 Å². The number of hydrogen-bond donors (Lipinski definition) is 0. The first-order valence-corrected chi connectivity index (χ1v) is 6.09. The normalized spacial score (nSPS) is 10.2. The van der Waals surface area contributed by atoms with Crippen molar-refractivity contribution in [3.8, 4) is 0 Å². The van der Waals surface area contributed by atoms with E-state index < -0.39 is 16.3 Å². The minimum Gasteiger partial charge on any atom is -0.106 e. The van der Waals surface area contributed by atoms with Gasteiger partial charge in [0.1, 0.15) is 0 Å². The van der Waals surface area contributed by atoms with Crippen molar-refractivity contribution >= 4 is 11.2 Å². The molecule has 0 aliphatic rings. The number of rotatable bonds is 4. The lowest BCUT2D eigenvalue weighted by atomic mass is 10.4. The first-order chi connectivity index (χ1) is 8.27. The lowest BCUT2D eigenvalue weighted by Crippen LogP contribution is -2.12. The van der Waals surface area contributed by atoms with Crippen LogP contribution in [-0.2, 0) is 15.5 Å². The zero-order valence-corrected chi connectivity index (χ0v) is 9.67. The van der Waals surface area contributed by atoms with Gasteiger partial charge in [-0.1, -0.05) is 40.7 Å². The van der Waals surface area contributed by atoms with Crippen molar-refractivity contribution in [1.29, 1.82) is 0 Å². The maximum absolute atomic E-state index is 10.5. The third-order valence-corrected chi connectivity index (χ3v) is 3.72. The minimum absolute atomic E-state index is 0.747. The van der Waals surface area contributed by atoms with Gasteiger partial charge in [0.2, 0.25) is 0 Å². The highest BCUT2D eigenvalue weighted by Gasteiger charge is 2.31. The molecule has 0 aliphatic carbocycles. The number of benzene rings is 2. The monoisotopic (exact) mass is 248 g/mol. The van der Waals surface area contributed by atoms with E-state index in [4.69, 9.17) is 4.28 Å². The van der Waals surface area contributed by atoms with E-state index in [0.717, 1.165) is 9.79 Å². The van der Waals surface area contributed by atoms with Crippen molar-refractivity contribution in [2.45, 2.75) is 9.79 Å². The zero-order chi connectivity index (χ0) is 12.1. The second-order valence-corrected chi connectivity index (χ2v) is 4.82. The van der Waals surface area contributed by atoms with E-state index in [1.54, 1.807) is 0 Å². The fourth-order valence-electron chi connectivity index (χ4n) is 1.37. The molecule has 0 saturated heterocycles. The molecule has 5 heteroatoms. The molecule has 0 atom stereocenters. The van der Waals surface area contributed by atoms with E-state index in [9.17, 15) is 10.1 Å². The Morgan fingerprint density at radius 2 is 1.29 bits per heavy atom. The zero-order valence-electron chi connectivity index (χ0n) is 8.85. The van der Waals surface area contributed by atoms with Gasteiger partial charge in [-0.05, 0) is 24.3 Å². The Labute approximate surface area is 102 Å². The van der Waals surface area contributed by atoms with E-state index >= 15 is 0 Å². The Balaban J connectivity index is 2.36. The first kappa shape index (κ1) is 11.5. The van der Waals surface area contributed by atoms with Crippen molar-refractivity contribution in [2.75, 3.05) is 0 Å². The molecule has 0 saturated carbocycles. The Kier molecular flexibility index (Phi) is 3.62. The third-order valence-electron chi connectivity index (χ3n) is 2.05. The molecule has 4 nitrogen and oxygen atoms in total. The van der Waals surface area contributed by atoms with Gasteiger partial charge in [-0.2, -0.15) is 0 Å². The van der Waals surface area contributed by atoms with Crippen LogP contribution < -0.4 is 0 Å². The van der Waals surface area contributed by atoms with Gasteiger partial charge in [-0.15, -0.1) is 10.1 Å². The van der Waals surface area contributed by atoms with Crippen LogP contribution in [0.1, 0.15) is 0 Å². The highest BCUT2D eigenvalue weighted by Crippen LogP contribution is 2.24. The molecular formula is C12H10NO3S+. The molecule has 0 fully saturated rings. The summed E-state index contributed by atoms with van der Waals surface area (Å²) in [6.07, 6.45) is 0. The summed E-state index contributed by atoms with van der Waals surface area (Å²) in [7, 11) is 0. The Bertz CT molecular complexity index is 450. The highest BCUT2D eigenvalue weighted by atomic mass is 32.2. The van der Waals surface area contributed by atoms with E-state index in [2.05, 4.69) is 0 Å². The summed E-state index contributed by atoms with van der Waals surface area (Å²) in [6.45, 7) is 0. The standard InChI is InChI=1S/C12H10NO3S/c14-13(15)16-17(11-7-3-1-4-8-11)12-9-5-2-6-10-12/h1-10H/q+1. The molecule has 0 N–H and O–H groups in total. The quantitative estimate of drug-likeness (QED) is 0.475.